The van der Waals surface area contributed by atoms with Gasteiger partial charge < -0.3 is 20.1 Å². The van der Waals surface area contributed by atoms with Crippen molar-refractivity contribution >= 4 is 17.8 Å². The van der Waals surface area contributed by atoms with Crippen LogP contribution in [0, 0.1) is 5.82 Å². The Hall–Kier alpha value is -3.88. The van der Waals surface area contributed by atoms with Crippen LogP contribution in [0.2, 0.25) is 0 Å². The van der Waals surface area contributed by atoms with E-state index in [0.717, 1.165) is 0 Å². The molecule has 0 radical (unpaired) electrons. The molecule has 0 saturated carbocycles. The molecule has 2 aliphatic rings. The molecule has 4 rings (SSSR count). The van der Waals surface area contributed by atoms with Crippen LogP contribution in [0.5, 0.6) is 5.75 Å². The number of hydrazone groups is 1. The minimum atomic E-state index is -0.872. The van der Waals surface area contributed by atoms with Gasteiger partial charge in [0.2, 0.25) is 18.0 Å². The van der Waals surface area contributed by atoms with Gasteiger partial charge in [-0.2, -0.15) is 5.01 Å². The first kappa shape index (κ1) is 20.4. The Morgan fingerprint density at radius 2 is 1.84 bits per heavy atom. The van der Waals surface area contributed by atoms with Crippen LogP contribution in [-0.4, -0.2) is 30.0 Å². The summed E-state index contributed by atoms with van der Waals surface area (Å²) in [5, 5.41) is 11.0. The van der Waals surface area contributed by atoms with E-state index in [9.17, 15) is 14.0 Å². The number of benzene rings is 2. The van der Waals surface area contributed by atoms with Crippen LogP contribution in [0.1, 0.15) is 37.2 Å². The summed E-state index contributed by atoms with van der Waals surface area (Å²) in [5.41, 5.74) is 1.73. The first-order valence-electron chi connectivity index (χ1n) is 9.61. The lowest BCUT2D eigenvalue weighted by Crippen LogP contribution is -2.45. The topological polar surface area (TPSA) is 92.3 Å². The van der Waals surface area contributed by atoms with Gasteiger partial charge in [-0.25, -0.2) is 9.18 Å². The highest BCUT2D eigenvalue weighted by atomic mass is 19.1. The number of carbonyl (C=O) groups is 2. The number of para-hydroxylation sites is 1. The van der Waals surface area contributed by atoms with Gasteiger partial charge in [0.05, 0.1) is 24.3 Å². The van der Waals surface area contributed by atoms with Crippen molar-refractivity contribution in [3.63, 3.8) is 0 Å². The van der Waals surface area contributed by atoms with Crippen molar-refractivity contribution in [1.29, 1.82) is 0 Å². The summed E-state index contributed by atoms with van der Waals surface area (Å²) >= 11 is 0. The molecule has 8 nitrogen and oxygen atoms in total. The number of ether oxygens (including phenoxy) is 2. The molecule has 3 amide bonds. The van der Waals surface area contributed by atoms with E-state index < -0.39 is 24.1 Å². The zero-order valence-electron chi connectivity index (χ0n) is 17.2. The highest BCUT2D eigenvalue weighted by molar-refractivity contribution is 6.00. The van der Waals surface area contributed by atoms with Crippen molar-refractivity contribution in [1.82, 2.24) is 15.6 Å². The number of urea groups is 1. The maximum absolute atomic E-state index is 14.6. The predicted octanol–water partition coefficient (Wildman–Crippen LogP) is 3.35. The largest absolute Gasteiger partial charge is 0.496 e. The van der Waals surface area contributed by atoms with Gasteiger partial charge in [0.15, 0.2) is 0 Å². The van der Waals surface area contributed by atoms with Crippen molar-refractivity contribution in [3.8, 4) is 5.75 Å². The number of nitrogens with zero attached hydrogens (tertiary/aromatic N) is 2. The van der Waals surface area contributed by atoms with Crippen LogP contribution >= 0.6 is 0 Å². The normalized spacial score (nSPS) is 20.6. The van der Waals surface area contributed by atoms with E-state index in [1.54, 1.807) is 49.4 Å². The van der Waals surface area contributed by atoms with Gasteiger partial charge in [0.1, 0.15) is 11.6 Å². The van der Waals surface area contributed by atoms with Crippen LogP contribution in [0.15, 0.2) is 64.9 Å². The molecule has 2 N–H and O–H groups in total. The minimum Gasteiger partial charge on any atom is -0.496 e. The molecule has 2 heterocycles. The Morgan fingerprint density at radius 1 is 1.16 bits per heavy atom. The number of rotatable bonds is 4. The minimum absolute atomic E-state index is 0.101. The molecule has 2 atom stereocenters. The van der Waals surface area contributed by atoms with Gasteiger partial charge in [-0.1, -0.05) is 30.3 Å². The summed E-state index contributed by atoms with van der Waals surface area (Å²) in [6, 6.07) is 11.9. The Bertz CT molecular complexity index is 1110. The Kier molecular flexibility index (Phi) is 5.33. The van der Waals surface area contributed by atoms with Gasteiger partial charge in [-0.15, -0.1) is 5.10 Å². The highest BCUT2D eigenvalue weighted by Gasteiger charge is 2.40. The van der Waals surface area contributed by atoms with E-state index in [1.807, 2.05) is 0 Å². The van der Waals surface area contributed by atoms with Crippen molar-refractivity contribution in [2.24, 2.45) is 5.10 Å². The lowest BCUT2D eigenvalue weighted by molar-refractivity contribution is -0.135. The fourth-order valence-electron chi connectivity index (χ4n) is 3.67. The molecule has 0 aliphatic carbocycles. The maximum atomic E-state index is 14.6. The number of amides is 3. The molecule has 31 heavy (non-hydrogen) atoms. The highest BCUT2D eigenvalue weighted by Crippen LogP contribution is 2.38. The fraction of sp³-hybridized carbons (Fsp3) is 0.227. The molecule has 160 valence electrons. The van der Waals surface area contributed by atoms with Crippen LogP contribution in [-0.2, 0) is 9.53 Å². The molecule has 2 unspecified atom stereocenters. The molecule has 0 aromatic heterocycles. The maximum Gasteiger partial charge on any atom is 0.319 e. The number of methoxy groups -OCH3 is 1. The Balaban J connectivity index is 1.79. The molecule has 0 spiro atoms. The van der Waals surface area contributed by atoms with E-state index >= 15 is 0 Å². The second-order valence-electron chi connectivity index (χ2n) is 7.07. The Labute approximate surface area is 178 Å². The van der Waals surface area contributed by atoms with Crippen LogP contribution < -0.4 is 15.4 Å². The molecule has 0 fully saturated rings. The predicted molar refractivity (Wildman–Crippen MR) is 110 cm³/mol. The van der Waals surface area contributed by atoms with Gasteiger partial charge in [0, 0.05) is 18.2 Å². The summed E-state index contributed by atoms with van der Waals surface area (Å²) in [5.74, 6) is -0.200. The standard InChI is InChI=1S/C22H21FN4O4/c1-12-18(19(25-22(29)24-12)14-8-4-6-10-16(14)23)20-26-27(13(2)28)21(31-20)15-9-5-7-11-17(15)30-3/h4-11,19,21H,1-3H3,(H2,24,25,29). The third-order valence-corrected chi connectivity index (χ3v) is 5.09. The average Bonchev–Trinajstić information content (AvgIpc) is 3.18. The molecule has 2 aliphatic heterocycles. The molecule has 2 aromatic carbocycles. The molecule has 9 heteroatoms. The van der Waals surface area contributed by atoms with Gasteiger partial charge in [-0.3, -0.25) is 4.79 Å². The van der Waals surface area contributed by atoms with Crippen molar-refractivity contribution in [2.75, 3.05) is 7.11 Å². The SMILES string of the molecule is COc1ccccc1C1OC(C2=C(C)NC(=O)NC2c2ccccc2F)=NN1C(C)=O. The summed E-state index contributed by atoms with van der Waals surface area (Å²) in [4.78, 5) is 24.5. The number of nitrogens with one attached hydrogen (secondary N) is 2. The number of hydrogen-bond acceptors (Lipinski definition) is 5. The lowest BCUT2D eigenvalue weighted by atomic mass is 9.95. The second-order valence-corrected chi connectivity index (χ2v) is 7.07. The van der Waals surface area contributed by atoms with Crippen molar-refractivity contribution in [3.05, 3.63) is 76.7 Å². The van der Waals surface area contributed by atoms with Crippen molar-refractivity contribution in [2.45, 2.75) is 26.1 Å². The molecule has 0 saturated heterocycles. The van der Waals surface area contributed by atoms with Crippen LogP contribution in [0.4, 0.5) is 9.18 Å². The van der Waals surface area contributed by atoms with E-state index in [4.69, 9.17) is 9.47 Å². The van der Waals surface area contributed by atoms with Gasteiger partial charge in [-0.05, 0) is 25.1 Å². The number of allylic oxidation sites excluding steroid dienone is 1. The fourth-order valence-corrected chi connectivity index (χ4v) is 3.67. The molecule has 0 bridgehead atoms. The summed E-state index contributed by atoms with van der Waals surface area (Å²) in [7, 11) is 1.52. The number of carbonyl (C=O) groups excluding carboxylic acids is 2. The quantitative estimate of drug-likeness (QED) is 0.787. The molecular formula is C22H21FN4O4. The van der Waals surface area contributed by atoms with E-state index in [-0.39, 0.29) is 17.4 Å². The first-order chi connectivity index (χ1) is 14.9. The second kappa shape index (κ2) is 8.10. The Morgan fingerprint density at radius 3 is 2.52 bits per heavy atom. The summed E-state index contributed by atoms with van der Waals surface area (Å²) in [6.07, 6.45) is -0.872. The van der Waals surface area contributed by atoms with Gasteiger partial charge in [0.25, 0.3) is 0 Å². The van der Waals surface area contributed by atoms with E-state index in [2.05, 4.69) is 15.7 Å². The summed E-state index contributed by atoms with van der Waals surface area (Å²) in [6.45, 7) is 3.04. The number of hydrogen-bond donors (Lipinski definition) is 2. The van der Waals surface area contributed by atoms with Crippen LogP contribution in [0.3, 0.4) is 0 Å². The van der Waals surface area contributed by atoms with Crippen molar-refractivity contribution < 1.29 is 23.5 Å². The monoisotopic (exact) mass is 424 g/mol. The summed E-state index contributed by atoms with van der Waals surface area (Å²) < 4.78 is 26.1. The third kappa shape index (κ3) is 3.70. The number of halogens is 1. The zero-order chi connectivity index (χ0) is 22.1. The average molecular weight is 424 g/mol. The molecular weight excluding hydrogens is 403 g/mol. The third-order valence-electron chi connectivity index (χ3n) is 5.09. The van der Waals surface area contributed by atoms with Crippen LogP contribution in [0.25, 0.3) is 0 Å². The smallest absolute Gasteiger partial charge is 0.319 e. The van der Waals surface area contributed by atoms with E-state index in [0.29, 0.717) is 22.6 Å². The van der Waals surface area contributed by atoms with E-state index in [1.165, 1.54) is 25.1 Å². The first-order valence-corrected chi connectivity index (χ1v) is 9.61. The lowest BCUT2D eigenvalue weighted by Gasteiger charge is -2.29. The zero-order valence-corrected chi connectivity index (χ0v) is 17.2. The van der Waals surface area contributed by atoms with Gasteiger partial charge >= 0.3 is 6.03 Å². The molecule has 2 aromatic rings.